The summed E-state index contributed by atoms with van der Waals surface area (Å²) in [5.41, 5.74) is 0. The number of aliphatic hydroxyl groups is 1. The van der Waals surface area contributed by atoms with Crippen LogP contribution in [0.2, 0.25) is 0 Å². The van der Waals surface area contributed by atoms with E-state index >= 15 is 0 Å². The Balaban J connectivity index is 2.48. The van der Waals surface area contributed by atoms with E-state index in [1.165, 1.54) is 11.3 Å². The van der Waals surface area contributed by atoms with Gasteiger partial charge in [-0.2, -0.15) is 0 Å². The van der Waals surface area contributed by atoms with Crippen LogP contribution in [0.4, 0.5) is 0 Å². The molecule has 80 valence electrons. The summed E-state index contributed by atoms with van der Waals surface area (Å²) in [7, 11) is -3.33. The largest absolute Gasteiger partial charge is 0.395 e. The van der Waals surface area contributed by atoms with Crippen molar-refractivity contribution in [1.82, 2.24) is 4.72 Å². The van der Waals surface area contributed by atoms with Crippen LogP contribution in [0.25, 0.3) is 0 Å². The number of thiophene rings is 1. The van der Waals surface area contributed by atoms with Gasteiger partial charge in [0.1, 0.15) is 0 Å². The van der Waals surface area contributed by atoms with Crippen LogP contribution in [0.5, 0.6) is 0 Å². The maximum Gasteiger partial charge on any atom is 0.214 e. The van der Waals surface area contributed by atoms with Gasteiger partial charge in [0.15, 0.2) is 0 Å². The molecule has 0 aliphatic rings. The third kappa shape index (κ3) is 4.05. The van der Waals surface area contributed by atoms with Crippen molar-refractivity contribution in [2.24, 2.45) is 0 Å². The van der Waals surface area contributed by atoms with Crippen molar-refractivity contribution >= 4 is 37.3 Å². The van der Waals surface area contributed by atoms with Crippen molar-refractivity contribution in [3.05, 3.63) is 20.8 Å². The molecule has 0 unspecified atom stereocenters. The normalized spacial score (nSPS) is 11.9. The van der Waals surface area contributed by atoms with Gasteiger partial charge in [0.25, 0.3) is 0 Å². The molecule has 0 radical (unpaired) electrons. The van der Waals surface area contributed by atoms with Gasteiger partial charge in [-0.25, -0.2) is 13.1 Å². The average Bonchev–Trinajstić information content (AvgIpc) is 2.48. The minimum absolute atomic E-state index is 0.250. The predicted octanol–water partition coefficient (Wildman–Crippen LogP) is 0.922. The fourth-order valence-electron chi connectivity index (χ4n) is 0.820. The predicted molar refractivity (Wildman–Crippen MR) is 59.7 cm³/mol. The molecule has 7 heteroatoms. The fraction of sp³-hybridized carbons (Fsp3) is 0.429. The third-order valence-corrected chi connectivity index (χ3v) is 4.45. The molecule has 0 bridgehead atoms. The highest BCUT2D eigenvalue weighted by Gasteiger charge is 2.09. The Labute approximate surface area is 95.1 Å². The van der Waals surface area contributed by atoms with Crippen LogP contribution in [0.3, 0.4) is 0 Å². The molecule has 0 spiro atoms. The molecule has 1 heterocycles. The monoisotopic (exact) mass is 299 g/mol. The van der Waals surface area contributed by atoms with Crippen molar-refractivity contribution < 1.29 is 13.5 Å². The Bertz CT molecular complexity index is 387. The molecule has 0 amide bonds. The van der Waals surface area contributed by atoms with E-state index in [1.54, 1.807) is 0 Å². The van der Waals surface area contributed by atoms with Crippen LogP contribution in [0.15, 0.2) is 15.9 Å². The first kappa shape index (κ1) is 12.1. The summed E-state index contributed by atoms with van der Waals surface area (Å²) in [6, 6.07) is 1.85. The topological polar surface area (TPSA) is 66.4 Å². The average molecular weight is 300 g/mol. The van der Waals surface area contributed by atoms with E-state index in [2.05, 4.69) is 20.7 Å². The SMILES string of the molecule is O=S(=O)(CCO)NCc1cc(Br)cs1. The molecule has 1 aromatic rings. The second kappa shape index (κ2) is 5.22. The summed E-state index contributed by atoms with van der Waals surface area (Å²) in [5, 5.41) is 10.4. The van der Waals surface area contributed by atoms with E-state index in [9.17, 15) is 8.42 Å². The maximum absolute atomic E-state index is 11.1. The van der Waals surface area contributed by atoms with Gasteiger partial charge in [0, 0.05) is 21.3 Å². The summed E-state index contributed by atoms with van der Waals surface area (Å²) in [4.78, 5) is 0.929. The zero-order valence-corrected chi connectivity index (χ0v) is 10.5. The molecule has 0 aliphatic carbocycles. The molecule has 1 aromatic heterocycles. The van der Waals surface area contributed by atoms with E-state index in [1.807, 2.05) is 11.4 Å². The van der Waals surface area contributed by atoms with Gasteiger partial charge < -0.3 is 5.11 Å². The fourth-order valence-corrected chi connectivity index (χ4v) is 3.06. The number of nitrogens with one attached hydrogen (secondary N) is 1. The summed E-state index contributed by atoms with van der Waals surface area (Å²) in [6.45, 7) is -0.0813. The van der Waals surface area contributed by atoms with Crippen LogP contribution < -0.4 is 4.72 Å². The summed E-state index contributed by atoms with van der Waals surface area (Å²) < 4.78 is 25.6. The molecular weight excluding hydrogens is 290 g/mol. The number of halogens is 1. The lowest BCUT2D eigenvalue weighted by molar-refractivity contribution is 0.319. The Morgan fingerprint density at radius 3 is 2.79 bits per heavy atom. The number of rotatable bonds is 5. The molecular formula is C7H10BrNO3S2. The first-order valence-corrected chi connectivity index (χ1v) is 7.17. The summed E-state index contributed by atoms with van der Waals surface area (Å²) >= 11 is 4.75. The molecule has 2 N–H and O–H groups in total. The van der Waals surface area contributed by atoms with Crippen molar-refractivity contribution in [2.75, 3.05) is 12.4 Å². The van der Waals surface area contributed by atoms with Crippen molar-refractivity contribution in [3.63, 3.8) is 0 Å². The smallest absolute Gasteiger partial charge is 0.214 e. The van der Waals surface area contributed by atoms with Gasteiger partial charge in [0.05, 0.1) is 12.4 Å². The van der Waals surface area contributed by atoms with Gasteiger partial charge in [0.2, 0.25) is 10.0 Å². The molecule has 14 heavy (non-hydrogen) atoms. The van der Waals surface area contributed by atoms with Crippen LogP contribution in [-0.2, 0) is 16.6 Å². The second-order valence-corrected chi connectivity index (χ2v) is 6.43. The van der Waals surface area contributed by atoms with Crippen molar-refractivity contribution in [1.29, 1.82) is 0 Å². The Morgan fingerprint density at radius 1 is 1.57 bits per heavy atom. The lowest BCUT2D eigenvalue weighted by Crippen LogP contribution is -2.27. The van der Waals surface area contributed by atoms with Crippen LogP contribution >= 0.6 is 27.3 Å². The van der Waals surface area contributed by atoms with E-state index in [-0.39, 0.29) is 18.9 Å². The van der Waals surface area contributed by atoms with Crippen LogP contribution in [0, 0.1) is 0 Å². The lowest BCUT2D eigenvalue weighted by Gasteiger charge is -2.02. The minimum atomic E-state index is -3.33. The van der Waals surface area contributed by atoms with Crippen LogP contribution in [-0.4, -0.2) is 25.9 Å². The van der Waals surface area contributed by atoms with E-state index < -0.39 is 10.0 Å². The van der Waals surface area contributed by atoms with Crippen molar-refractivity contribution in [3.8, 4) is 0 Å². The summed E-state index contributed by atoms with van der Waals surface area (Å²) in [6.07, 6.45) is 0. The summed E-state index contributed by atoms with van der Waals surface area (Å²) in [5.74, 6) is -0.250. The van der Waals surface area contributed by atoms with Crippen molar-refractivity contribution in [2.45, 2.75) is 6.54 Å². The first-order chi connectivity index (χ1) is 6.53. The standard InChI is InChI=1S/C7H10BrNO3S2/c8-6-3-7(13-5-6)4-9-14(11,12)2-1-10/h3,5,9-10H,1-2,4H2. The molecule has 0 fully saturated rings. The Hall–Kier alpha value is 0.0500. The quantitative estimate of drug-likeness (QED) is 0.850. The highest BCUT2D eigenvalue weighted by Crippen LogP contribution is 2.19. The first-order valence-electron chi connectivity index (χ1n) is 3.84. The maximum atomic E-state index is 11.1. The molecule has 4 nitrogen and oxygen atoms in total. The lowest BCUT2D eigenvalue weighted by atomic mass is 10.5. The minimum Gasteiger partial charge on any atom is -0.395 e. The van der Waals surface area contributed by atoms with Gasteiger partial charge in [-0.05, 0) is 22.0 Å². The van der Waals surface area contributed by atoms with Gasteiger partial charge >= 0.3 is 0 Å². The highest BCUT2D eigenvalue weighted by atomic mass is 79.9. The van der Waals surface area contributed by atoms with Crippen LogP contribution in [0.1, 0.15) is 4.88 Å². The van der Waals surface area contributed by atoms with E-state index in [0.29, 0.717) is 0 Å². The molecule has 0 saturated heterocycles. The van der Waals surface area contributed by atoms with E-state index in [4.69, 9.17) is 5.11 Å². The van der Waals surface area contributed by atoms with Gasteiger partial charge in [-0.1, -0.05) is 0 Å². The second-order valence-electron chi connectivity index (χ2n) is 2.59. The number of sulfonamides is 1. The molecule has 1 rings (SSSR count). The molecule has 0 saturated carbocycles. The zero-order chi connectivity index (χ0) is 10.6. The number of hydrogen-bond acceptors (Lipinski definition) is 4. The highest BCUT2D eigenvalue weighted by molar-refractivity contribution is 9.10. The molecule has 0 aromatic carbocycles. The Kier molecular flexibility index (Phi) is 4.52. The van der Waals surface area contributed by atoms with Gasteiger partial charge in [-0.3, -0.25) is 0 Å². The number of aliphatic hydroxyl groups excluding tert-OH is 1. The zero-order valence-electron chi connectivity index (χ0n) is 7.23. The van der Waals surface area contributed by atoms with E-state index in [0.717, 1.165) is 9.35 Å². The molecule has 0 aliphatic heterocycles. The number of hydrogen-bond donors (Lipinski definition) is 2. The van der Waals surface area contributed by atoms with Gasteiger partial charge in [-0.15, -0.1) is 11.3 Å². The third-order valence-electron chi connectivity index (χ3n) is 1.45. The molecule has 0 atom stereocenters. The Morgan fingerprint density at radius 2 is 2.29 bits per heavy atom.